The van der Waals surface area contributed by atoms with E-state index in [2.05, 4.69) is 18.0 Å². The molecule has 3 N–H and O–H groups in total. The number of benzene rings is 3. The highest BCUT2D eigenvalue weighted by molar-refractivity contribution is 6.03. The number of fused-ring (bicyclic) bond motifs is 2. The summed E-state index contributed by atoms with van der Waals surface area (Å²) in [6.07, 6.45) is 9.58. The maximum Gasteiger partial charge on any atom is 0.412 e. The van der Waals surface area contributed by atoms with Crippen molar-refractivity contribution in [2.45, 2.75) is 95.6 Å². The Bertz CT molecular complexity index is 2000. The molecular formula is C48H58FN3O8. The van der Waals surface area contributed by atoms with Crippen LogP contribution in [-0.4, -0.2) is 71.0 Å². The van der Waals surface area contributed by atoms with Crippen molar-refractivity contribution in [3.8, 4) is 11.5 Å². The number of rotatable bonds is 20. The van der Waals surface area contributed by atoms with Crippen LogP contribution in [0.25, 0.3) is 0 Å². The number of nitrogens with zero attached hydrogens (tertiary/aromatic N) is 2. The number of amides is 2. The van der Waals surface area contributed by atoms with Gasteiger partial charge in [-0.05, 0) is 104 Å². The third kappa shape index (κ3) is 9.61. The van der Waals surface area contributed by atoms with Gasteiger partial charge in [0.25, 0.3) is 0 Å². The van der Waals surface area contributed by atoms with Crippen LogP contribution in [0.2, 0.25) is 0 Å². The molecule has 0 aromatic heterocycles. The quantitative estimate of drug-likeness (QED) is 0.0589. The number of carbonyl (C=O) groups is 2. The monoisotopic (exact) mass is 823 g/mol. The van der Waals surface area contributed by atoms with E-state index in [-0.39, 0.29) is 74.8 Å². The molecule has 1 heterocycles. The summed E-state index contributed by atoms with van der Waals surface area (Å²) in [4.78, 5) is 35.5. The molecule has 60 heavy (non-hydrogen) atoms. The Hall–Kier alpha value is -5.04. The van der Waals surface area contributed by atoms with Crippen LogP contribution in [0.4, 0.5) is 9.18 Å². The normalized spacial score (nSPS) is 24.6. The number of nitrogens with one attached hydrogen (secondary N) is 1. The molecule has 0 saturated heterocycles. The topological polar surface area (TPSA) is 139 Å². The van der Waals surface area contributed by atoms with Gasteiger partial charge in [0.1, 0.15) is 30.0 Å². The predicted molar refractivity (Wildman–Crippen MR) is 226 cm³/mol. The fourth-order valence-corrected chi connectivity index (χ4v) is 9.45. The maximum absolute atomic E-state index is 14.7. The van der Waals surface area contributed by atoms with E-state index in [1.807, 2.05) is 54.3 Å². The second kappa shape index (κ2) is 20.0. The number of oxime groups is 1. The summed E-state index contributed by atoms with van der Waals surface area (Å²) in [5, 5.41) is 27.4. The second-order valence-corrected chi connectivity index (χ2v) is 16.3. The summed E-state index contributed by atoms with van der Waals surface area (Å²) >= 11 is 0. The van der Waals surface area contributed by atoms with Crippen LogP contribution in [0, 0.1) is 29.5 Å². The number of hydrogen-bond acceptors (Lipinski definition) is 9. The summed E-state index contributed by atoms with van der Waals surface area (Å²) in [6.45, 7) is 6.94. The van der Waals surface area contributed by atoms with Crippen molar-refractivity contribution in [3.05, 3.63) is 120 Å². The summed E-state index contributed by atoms with van der Waals surface area (Å²) in [5.41, 5.74) is 4.14. The first-order chi connectivity index (χ1) is 29.3. The van der Waals surface area contributed by atoms with E-state index in [4.69, 9.17) is 24.2 Å². The minimum absolute atomic E-state index is 0.00649. The Labute approximate surface area is 352 Å². The molecule has 3 aromatic carbocycles. The van der Waals surface area contributed by atoms with Gasteiger partial charge in [0, 0.05) is 50.1 Å². The smallest absolute Gasteiger partial charge is 0.412 e. The van der Waals surface area contributed by atoms with Crippen molar-refractivity contribution in [1.29, 1.82) is 0 Å². The molecule has 11 nitrogen and oxygen atoms in total. The molecule has 6 atom stereocenters. The fraction of sp³-hybridized carbons (Fsp3) is 0.479. The molecule has 3 aromatic rings. The lowest BCUT2D eigenvalue weighted by atomic mass is 9.55. The number of ether oxygens (including phenoxy) is 3. The first kappa shape index (κ1) is 43.1. The minimum Gasteiger partial charge on any atom is -0.459 e. The zero-order valence-corrected chi connectivity index (χ0v) is 34.5. The number of carbonyl (C=O) groups excluding carboxylic acids is 2. The SMILES string of the molecule is C=CCO[C@@]12Oc3ccc(OC(=O)NCC)cc3[C@H]3[C@H](CCCCO)[C@@H](CCCCO)C=C(C(=NOCc4ccccc4)C[C@@H]1N(Cc1ccc(F)cc1)C(=O)C1CC1)[C@H]32. The van der Waals surface area contributed by atoms with Crippen molar-refractivity contribution < 1.29 is 43.2 Å². The van der Waals surface area contributed by atoms with E-state index >= 15 is 0 Å². The van der Waals surface area contributed by atoms with E-state index in [0.717, 1.165) is 60.8 Å². The first-order valence-electron chi connectivity index (χ1n) is 21.5. The van der Waals surface area contributed by atoms with Gasteiger partial charge >= 0.3 is 6.09 Å². The molecule has 3 aliphatic carbocycles. The van der Waals surface area contributed by atoms with Crippen molar-refractivity contribution >= 4 is 17.7 Å². The van der Waals surface area contributed by atoms with Crippen LogP contribution in [0.3, 0.4) is 0 Å². The molecule has 4 aliphatic rings. The number of allylic oxidation sites excluding steroid dienone is 1. The Kier molecular flexibility index (Phi) is 14.4. The molecular weight excluding hydrogens is 766 g/mol. The fourth-order valence-electron chi connectivity index (χ4n) is 9.45. The van der Waals surface area contributed by atoms with Crippen LogP contribution in [-0.2, 0) is 27.5 Å². The van der Waals surface area contributed by atoms with Crippen molar-refractivity contribution in [3.63, 3.8) is 0 Å². The third-order valence-corrected chi connectivity index (χ3v) is 12.3. The largest absolute Gasteiger partial charge is 0.459 e. The van der Waals surface area contributed by atoms with E-state index < -0.39 is 23.8 Å². The Morgan fingerprint density at radius 2 is 1.75 bits per heavy atom. The molecule has 2 fully saturated rings. The maximum atomic E-state index is 14.7. The van der Waals surface area contributed by atoms with Crippen LogP contribution in [0.1, 0.15) is 87.3 Å². The second-order valence-electron chi connectivity index (χ2n) is 16.3. The third-order valence-electron chi connectivity index (χ3n) is 12.3. The summed E-state index contributed by atoms with van der Waals surface area (Å²) in [5.74, 6) is -1.90. The Morgan fingerprint density at radius 1 is 1.00 bits per heavy atom. The van der Waals surface area contributed by atoms with E-state index in [1.165, 1.54) is 12.1 Å². The van der Waals surface area contributed by atoms with Gasteiger partial charge in [-0.15, -0.1) is 6.58 Å². The molecule has 0 spiro atoms. The van der Waals surface area contributed by atoms with Gasteiger partial charge in [-0.3, -0.25) is 4.79 Å². The van der Waals surface area contributed by atoms with E-state index in [1.54, 1.807) is 24.3 Å². The average Bonchev–Trinajstić information content (AvgIpc) is 4.11. The van der Waals surface area contributed by atoms with Gasteiger partial charge in [0.05, 0.1) is 18.2 Å². The van der Waals surface area contributed by atoms with Gasteiger partial charge in [-0.25, -0.2) is 9.18 Å². The zero-order chi connectivity index (χ0) is 42.1. The highest BCUT2D eigenvalue weighted by Crippen LogP contribution is 2.62. The average molecular weight is 824 g/mol. The molecule has 0 unspecified atom stereocenters. The van der Waals surface area contributed by atoms with Gasteiger partial charge < -0.3 is 39.5 Å². The molecule has 2 saturated carbocycles. The van der Waals surface area contributed by atoms with Gasteiger partial charge in [-0.1, -0.05) is 72.6 Å². The highest BCUT2D eigenvalue weighted by atomic mass is 19.1. The number of halogens is 1. The van der Waals surface area contributed by atoms with E-state index in [0.29, 0.717) is 36.6 Å². The predicted octanol–water partition coefficient (Wildman–Crippen LogP) is 8.21. The van der Waals surface area contributed by atoms with Gasteiger partial charge in [0.2, 0.25) is 11.7 Å². The lowest BCUT2D eigenvalue weighted by molar-refractivity contribution is -0.258. The zero-order valence-electron chi connectivity index (χ0n) is 34.5. The lowest BCUT2D eigenvalue weighted by Gasteiger charge is -2.60. The lowest BCUT2D eigenvalue weighted by Crippen LogP contribution is -2.70. The summed E-state index contributed by atoms with van der Waals surface area (Å²) in [7, 11) is 0. The number of hydrogen-bond donors (Lipinski definition) is 3. The molecule has 320 valence electrons. The molecule has 12 heteroatoms. The molecule has 0 bridgehead atoms. The Morgan fingerprint density at radius 3 is 2.45 bits per heavy atom. The van der Waals surface area contributed by atoms with Crippen LogP contribution in [0.5, 0.6) is 11.5 Å². The Balaban J connectivity index is 1.44. The molecule has 1 aliphatic heterocycles. The van der Waals surface area contributed by atoms with Crippen LogP contribution >= 0.6 is 0 Å². The van der Waals surface area contributed by atoms with Crippen LogP contribution in [0.15, 0.2) is 102 Å². The van der Waals surface area contributed by atoms with E-state index in [9.17, 15) is 24.2 Å². The highest BCUT2D eigenvalue weighted by Gasteiger charge is 2.66. The molecule has 7 rings (SSSR count). The number of aliphatic hydroxyl groups is 2. The van der Waals surface area contributed by atoms with Gasteiger partial charge in [0.15, 0.2) is 0 Å². The van der Waals surface area contributed by atoms with Crippen molar-refractivity contribution in [2.75, 3.05) is 26.4 Å². The first-order valence-corrected chi connectivity index (χ1v) is 21.5. The number of unbranched alkanes of at least 4 members (excludes halogenated alkanes) is 2. The summed E-state index contributed by atoms with van der Waals surface area (Å²) < 4.78 is 34.4. The van der Waals surface area contributed by atoms with Crippen molar-refractivity contribution in [1.82, 2.24) is 10.2 Å². The van der Waals surface area contributed by atoms with Crippen LogP contribution < -0.4 is 14.8 Å². The minimum atomic E-state index is -1.45. The number of aliphatic hydroxyl groups excluding tert-OH is 2. The molecule has 0 radical (unpaired) electrons. The van der Waals surface area contributed by atoms with Gasteiger partial charge in [-0.2, -0.15) is 0 Å². The molecule has 2 amide bonds. The standard InChI is InChI=1S/C48H58FN3O8/c1-3-26-57-48-43(52(46(55)34-18-19-34)30-32-16-20-36(49)21-17-32)29-41(51-58-31-33-12-6-5-7-13-33)39-27-35(14-8-10-24-53)38(15-9-11-25-54)44(45(39)48)40-28-37(22-23-42(40)60-48)59-47(56)50-4-2/h3,5-7,12-13,16-17,20-23,27-28,34-35,38,43-45,53-54H,1,4,8-11,14-15,18-19,24-26,29-31H2,2H3,(H,50,56)/t35-,38+,43-,44+,45+,48+/m0/s1. The summed E-state index contributed by atoms with van der Waals surface area (Å²) in [6, 6.07) is 20.7. The van der Waals surface area contributed by atoms with Crippen molar-refractivity contribution in [2.24, 2.45) is 28.8 Å².